The van der Waals surface area contributed by atoms with Gasteiger partial charge < -0.3 is 4.90 Å². The molecule has 0 aromatic carbocycles. The van der Waals surface area contributed by atoms with Crippen molar-refractivity contribution in [3.63, 3.8) is 0 Å². The van der Waals surface area contributed by atoms with Crippen LogP contribution in [-0.4, -0.2) is 23.2 Å². The smallest absolute Gasteiger partial charge is 0.227 e. The Morgan fingerprint density at radius 1 is 1.75 bits per heavy atom. The topological polar surface area (TPSA) is 20.3 Å². The summed E-state index contributed by atoms with van der Waals surface area (Å²) in [6.45, 7) is 2.78. The van der Waals surface area contributed by atoms with Gasteiger partial charge in [0.05, 0.1) is 6.04 Å². The molecule has 16 heavy (non-hydrogen) atoms. The molecule has 0 saturated carbocycles. The van der Waals surface area contributed by atoms with Crippen LogP contribution in [0.5, 0.6) is 0 Å². The molecule has 1 saturated heterocycles. The molecule has 2 heterocycles. The third kappa shape index (κ3) is 2.25. The number of carbonyl (C=O) groups excluding carboxylic acids is 1. The highest BCUT2D eigenvalue weighted by atomic mass is 35.5. The first-order valence-electron chi connectivity index (χ1n) is 5.62. The van der Waals surface area contributed by atoms with Gasteiger partial charge >= 0.3 is 0 Å². The largest absolute Gasteiger partial charge is 0.335 e. The number of nitrogens with zero attached hydrogens (tertiary/aromatic N) is 1. The Bertz CT molecular complexity index is 352. The molecule has 1 amide bonds. The number of halogens is 1. The van der Waals surface area contributed by atoms with E-state index in [0.29, 0.717) is 5.88 Å². The number of hydrogen-bond donors (Lipinski definition) is 0. The molecule has 0 radical (unpaired) electrons. The van der Waals surface area contributed by atoms with Crippen LogP contribution in [0.4, 0.5) is 0 Å². The third-order valence-corrected chi connectivity index (χ3v) is 4.28. The number of likely N-dealkylation sites (tertiary alicyclic amines) is 1. The van der Waals surface area contributed by atoms with Gasteiger partial charge in [0, 0.05) is 18.3 Å². The lowest BCUT2D eigenvalue weighted by atomic mass is 10.1. The summed E-state index contributed by atoms with van der Waals surface area (Å²) in [5.41, 5.74) is 1.28. The van der Waals surface area contributed by atoms with Crippen molar-refractivity contribution in [2.75, 3.05) is 12.4 Å². The monoisotopic (exact) mass is 257 g/mol. The Hall–Kier alpha value is -0.540. The molecule has 0 aliphatic carbocycles. The zero-order valence-electron chi connectivity index (χ0n) is 9.36. The zero-order chi connectivity index (χ0) is 11.5. The minimum atomic E-state index is -0.0686. The molecule has 2 atom stereocenters. The molecule has 4 heteroatoms. The van der Waals surface area contributed by atoms with Gasteiger partial charge in [0.1, 0.15) is 0 Å². The van der Waals surface area contributed by atoms with Crippen molar-refractivity contribution < 1.29 is 4.79 Å². The minimum absolute atomic E-state index is 0.0686. The van der Waals surface area contributed by atoms with Crippen molar-refractivity contribution >= 4 is 28.8 Å². The number of thiophene rings is 1. The summed E-state index contributed by atoms with van der Waals surface area (Å²) in [7, 11) is 0. The second kappa shape index (κ2) is 5.19. The third-order valence-electron chi connectivity index (χ3n) is 3.12. The Balaban J connectivity index is 2.12. The van der Waals surface area contributed by atoms with Crippen molar-refractivity contribution in [3.05, 3.63) is 22.4 Å². The SMILES string of the molecule is CC(CCl)C(=O)N1CCCC1c1ccsc1. The number of hydrogen-bond acceptors (Lipinski definition) is 2. The molecular formula is C12H16ClNOS. The first-order valence-corrected chi connectivity index (χ1v) is 7.10. The summed E-state index contributed by atoms with van der Waals surface area (Å²) < 4.78 is 0. The Kier molecular flexibility index (Phi) is 3.87. The number of carbonyl (C=O) groups is 1. The summed E-state index contributed by atoms with van der Waals surface area (Å²) in [6.07, 6.45) is 2.18. The first-order chi connectivity index (χ1) is 7.74. The first kappa shape index (κ1) is 11.9. The molecule has 1 aromatic rings. The fraction of sp³-hybridized carbons (Fsp3) is 0.583. The average molecular weight is 258 g/mol. The molecule has 1 aliphatic heterocycles. The van der Waals surface area contributed by atoms with Gasteiger partial charge in [-0.1, -0.05) is 6.92 Å². The van der Waals surface area contributed by atoms with E-state index in [0.717, 1.165) is 19.4 Å². The molecule has 2 rings (SSSR count). The van der Waals surface area contributed by atoms with Crippen molar-refractivity contribution in [2.45, 2.75) is 25.8 Å². The molecule has 0 N–H and O–H groups in total. The molecule has 0 spiro atoms. The van der Waals surface area contributed by atoms with E-state index in [4.69, 9.17) is 11.6 Å². The Morgan fingerprint density at radius 2 is 2.56 bits per heavy atom. The normalized spacial score (nSPS) is 22.4. The van der Waals surface area contributed by atoms with Gasteiger partial charge in [-0.2, -0.15) is 11.3 Å². The molecule has 2 nitrogen and oxygen atoms in total. The van der Waals surface area contributed by atoms with Gasteiger partial charge in [-0.15, -0.1) is 11.6 Å². The van der Waals surface area contributed by atoms with Crippen LogP contribution in [0.1, 0.15) is 31.4 Å². The quantitative estimate of drug-likeness (QED) is 0.761. The highest BCUT2D eigenvalue weighted by Gasteiger charge is 2.32. The van der Waals surface area contributed by atoms with Crippen molar-refractivity contribution in [1.82, 2.24) is 4.90 Å². The molecule has 1 aliphatic rings. The average Bonchev–Trinajstić information content (AvgIpc) is 2.95. The molecule has 88 valence electrons. The summed E-state index contributed by atoms with van der Waals surface area (Å²) in [6, 6.07) is 2.40. The van der Waals surface area contributed by atoms with Crippen LogP contribution in [-0.2, 0) is 4.79 Å². The van der Waals surface area contributed by atoms with Gasteiger partial charge in [0.2, 0.25) is 5.91 Å². The van der Waals surface area contributed by atoms with E-state index in [1.807, 2.05) is 11.8 Å². The fourth-order valence-electron chi connectivity index (χ4n) is 2.19. The van der Waals surface area contributed by atoms with Crippen LogP contribution in [0.3, 0.4) is 0 Å². The van der Waals surface area contributed by atoms with E-state index in [1.165, 1.54) is 5.56 Å². The van der Waals surface area contributed by atoms with Gasteiger partial charge in [0.25, 0.3) is 0 Å². The van der Waals surface area contributed by atoms with Crippen molar-refractivity contribution in [1.29, 1.82) is 0 Å². The number of rotatable bonds is 3. The molecule has 2 unspecified atom stereocenters. The van der Waals surface area contributed by atoms with E-state index in [9.17, 15) is 4.79 Å². The standard InChI is InChI=1S/C12H16ClNOS/c1-9(7-13)12(15)14-5-2-3-11(14)10-4-6-16-8-10/h4,6,8-9,11H,2-3,5,7H2,1H3. The van der Waals surface area contributed by atoms with E-state index < -0.39 is 0 Å². The second-order valence-electron chi connectivity index (χ2n) is 4.30. The fourth-order valence-corrected chi connectivity index (χ4v) is 3.03. The summed E-state index contributed by atoms with van der Waals surface area (Å²) in [4.78, 5) is 14.1. The lowest BCUT2D eigenvalue weighted by Gasteiger charge is -2.26. The maximum atomic E-state index is 12.1. The number of alkyl halides is 1. The van der Waals surface area contributed by atoms with Crippen LogP contribution in [0.25, 0.3) is 0 Å². The van der Waals surface area contributed by atoms with E-state index in [1.54, 1.807) is 11.3 Å². The van der Waals surface area contributed by atoms with Crippen molar-refractivity contribution in [2.24, 2.45) is 5.92 Å². The van der Waals surface area contributed by atoms with Gasteiger partial charge in [0.15, 0.2) is 0 Å². The van der Waals surface area contributed by atoms with Crippen molar-refractivity contribution in [3.8, 4) is 0 Å². The van der Waals surface area contributed by atoms with E-state index in [2.05, 4.69) is 16.8 Å². The van der Waals surface area contributed by atoms with Crippen LogP contribution >= 0.6 is 22.9 Å². The zero-order valence-corrected chi connectivity index (χ0v) is 10.9. The van der Waals surface area contributed by atoms with E-state index in [-0.39, 0.29) is 17.9 Å². The van der Waals surface area contributed by atoms with Gasteiger partial charge in [-0.05, 0) is 35.2 Å². The molecule has 0 bridgehead atoms. The maximum Gasteiger partial charge on any atom is 0.227 e. The summed E-state index contributed by atoms with van der Waals surface area (Å²) in [5, 5.41) is 4.21. The maximum absolute atomic E-state index is 12.1. The molecular weight excluding hydrogens is 242 g/mol. The summed E-state index contributed by atoms with van der Waals surface area (Å²) >= 11 is 7.44. The predicted octanol–water partition coefficient (Wildman–Crippen LogP) is 3.29. The number of amides is 1. The van der Waals surface area contributed by atoms with Gasteiger partial charge in [-0.3, -0.25) is 4.79 Å². The Labute approximate surface area is 105 Å². The minimum Gasteiger partial charge on any atom is -0.335 e. The predicted molar refractivity (Wildman–Crippen MR) is 67.9 cm³/mol. The van der Waals surface area contributed by atoms with Crippen LogP contribution in [0.15, 0.2) is 16.8 Å². The lowest BCUT2D eigenvalue weighted by Crippen LogP contribution is -2.35. The van der Waals surface area contributed by atoms with Crippen LogP contribution in [0.2, 0.25) is 0 Å². The Morgan fingerprint density at radius 3 is 3.19 bits per heavy atom. The van der Waals surface area contributed by atoms with Crippen LogP contribution in [0, 0.1) is 5.92 Å². The van der Waals surface area contributed by atoms with E-state index >= 15 is 0 Å². The highest BCUT2D eigenvalue weighted by Crippen LogP contribution is 2.34. The molecule has 1 aromatic heterocycles. The summed E-state index contributed by atoms with van der Waals surface area (Å²) in [5.74, 6) is 0.538. The second-order valence-corrected chi connectivity index (χ2v) is 5.39. The van der Waals surface area contributed by atoms with Gasteiger partial charge in [-0.25, -0.2) is 0 Å². The lowest BCUT2D eigenvalue weighted by molar-refractivity contribution is -0.135. The highest BCUT2D eigenvalue weighted by molar-refractivity contribution is 7.07. The molecule has 1 fully saturated rings. The van der Waals surface area contributed by atoms with Crippen LogP contribution < -0.4 is 0 Å².